The minimum absolute atomic E-state index is 0.154. The van der Waals surface area contributed by atoms with Crippen LogP contribution in [0.3, 0.4) is 0 Å². The van der Waals surface area contributed by atoms with E-state index in [4.69, 9.17) is 4.74 Å². The number of carbonyl (C=O) groups is 3. The van der Waals surface area contributed by atoms with Crippen molar-refractivity contribution in [2.24, 2.45) is 23.7 Å². The average molecular weight is 297 g/mol. The van der Waals surface area contributed by atoms with E-state index in [2.05, 4.69) is 0 Å². The second-order valence-electron chi connectivity index (χ2n) is 6.02. The first kappa shape index (κ1) is 13.2. The molecule has 0 unspecified atom stereocenters. The van der Waals surface area contributed by atoms with Crippen LogP contribution in [0.15, 0.2) is 36.4 Å². The van der Waals surface area contributed by atoms with E-state index in [1.807, 2.05) is 12.2 Å². The second kappa shape index (κ2) is 4.53. The quantitative estimate of drug-likeness (QED) is 0.474. The van der Waals surface area contributed by atoms with Crippen LogP contribution in [-0.4, -0.2) is 24.9 Å². The predicted octanol–water partition coefficient (Wildman–Crippen LogP) is 1.78. The van der Waals surface area contributed by atoms with Gasteiger partial charge in [-0.2, -0.15) is 0 Å². The smallest absolute Gasteiger partial charge is 0.339 e. The fourth-order valence-electron chi connectivity index (χ4n) is 4.09. The number of rotatable bonds is 2. The van der Waals surface area contributed by atoms with Crippen LogP contribution in [0.25, 0.3) is 0 Å². The van der Waals surface area contributed by atoms with Crippen LogP contribution in [-0.2, 0) is 14.3 Å². The van der Waals surface area contributed by atoms with E-state index >= 15 is 0 Å². The van der Waals surface area contributed by atoms with Gasteiger partial charge in [0, 0.05) is 0 Å². The lowest BCUT2D eigenvalue weighted by Gasteiger charge is -2.19. The number of hydrogen-bond donors (Lipinski definition) is 0. The normalized spacial score (nSPS) is 31.8. The van der Waals surface area contributed by atoms with Gasteiger partial charge >= 0.3 is 5.97 Å². The van der Waals surface area contributed by atoms with Gasteiger partial charge in [0.2, 0.25) is 11.8 Å². The van der Waals surface area contributed by atoms with E-state index in [-0.39, 0.29) is 41.0 Å². The van der Waals surface area contributed by atoms with Gasteiger partial charge in [0.1, 0.15) is 0 Å². The van der Waals surface area contributed by atoms with Gasteiger partial charge in [-0.25, -0.2) is 9.69 Å². The van der Waals surface area contributed by atoms with Gasteiger partial charge in [0.25, 0.3) is 0 Å². The van der Waals surface area contributed by atoms with Gasteiger partial charge in [0.15, 0.2) is 0 Å². The maximum Gasteiger partial charge on any atom is 0.339 e. The molecule has 4 rings (SSSR count). The second-order valence-corrected chi connectivity index (χ2v) is 6.02. The van der Waals surface area contributed by atoms with Crippen molar-refractivity contribution in [3.8, 4) is 0 Å². The van der Waals surface area contributed by atoms with Crippen LogP contribution < -0.4 is 4.90 Å². The molecule has 22 heavy (non-hydrogen) atoms. The lowest BCUT2D eigenvalue weighted by Crippen LogP contribution is -2.34. The monoisotopic (exact) mass is 297 g/mol. The molecule has 1 aromatic carbocycles. The van der Waals surface area contributed by atoms with E-state index in [0.717, 1.165) is 6.42 Å². The van der Waals surface area contributed by atoms with Crippen molar-refractivity contribution >= 4 is 23.5 Å². The highest BCUT2D eigenvalue weighted by molar-refractivity contribution is 6.24. The molecule has 5 heteroatoms. The van der Waals surface area contributed by atoms with Crippen molar-refractivity contribution < 1.29 is 19.1 Å². The molecule has 4 atom stereocenters. The van der Waals surface area contributed by atoms with Gasteiger partial charge in [-0.15, -0.1) is 0 Å². The number of esters is 1. The first-order valence-corrected chi connectivity index (χ1v) is 7.37. The third kappa shape index (κ3) is 1.56. The fourth-order valence-corrected chi connectivity index (χ4v) is 4.09. The van der Waals surface area contributed by atoms with Gasteiger partial charge < -0.3 is 4.74 Å². The summed E-state index contributed by atoms with van der Waals surface area (Å²) in [6, 6.07) is 6.59. The average Bonchev–Trinajstić information content (AvgIpc) is 3.21. The van der Waals surface area contributed by atoms with E-state index < -0.39 is 5.97 Å². The molecular formula is C17H15NO4. The molecule has 0 N–H and O–H groups in total. The first-order valence-electron chi connectivity index (χ1n) is 7.37. The van der Waals surface area contributed by atoms with Gasteiger partial charge in [-0.3, -0.25) is 9.59 Å². The number of allylic oxidation sites excluding steroid dienone is 2. The number of amides is 2. The lowest BCUT2D eigenvalue weighted by molar-refractivity contribution is -0.123. The summed E-state index contributed by atoms with van der Waals surface area (Å²) in [6.07, 6.45) is 4.98. The molecule has 1 saturated carbocycles. The number of nitrogens with zero attached hydrogens (tertiary/aromatic N) is 1. The summed E-state index contributed by atoms with van der Waals surface area (Å²) in [4.78, 5) is 38.6. The molecule has 0 spiro atoms. The predicted molar refractivity (Wildman–Crippen MR) is 78.0 cm³/mol. The van der Waals surface area contributed by atoms with Crippen LogP contribution in [0, 0.1) is 23.7 Å². The topological polar surface area (TPSA) is 63.7 Å². The molecule has 5 nitrogen and oxygen atoms in total. The molecule has 2 aliphatic carbocycles. The Morgan fingerprint density at radius 1 is 1.09 bits per heavy atom. The zero-order chi connectivity index (χ0) is 15.4. The molecule has 1 heterocycles. The number of benzene rings is 1. The summed E-state index contributed by atoms with van der Waals surface area (Å²) >= 11 is 0. The number of hydrogen-bond acceptors (Lipinski definition) is 4. The van der Waals surface area contributed by atoms with Crippen molar-refractivity contribution in [1.29, 1.82) is 0 Å². The number of anilines is 1. The van der Waals surface area contributed by atoms with Crippen molar-refractivity contribution in [3.05, 3.63) is 42.0 Å². The standard InChI is InChI=1S/C17H15NO4/c1-22-17(21)11-4-2-3-5-12(11)18-15(19)13-9-6-7-10(8-9)14(13)16(18)20/h2-7,9-10,13-14H,8H2,1H3/t9-,10-,13-,14+/m1/s1. The number of carbonyl (C=O) groups excluding carboxylic acids is 3. The minimum Gasteiger partial charge on any atom is -0.465 e. The molecule has 112 valence electrons. The number of ether oxygens (including phenoxy) is 1. The number of para-hydroxylation sites is 1. The van der Waals surface area contributed by atoms with Crippen LogP contribution >= 0.6 is 0 Å². The Morgan fingerprint density at radius 2 is 1.68 bits per heavy atom. The minimum atomic E-state index is -0.547. The zero-order valence-electron chi connectivity index (χ0n) is 12.1. The summed E-state index contributed by atoms with van der Waals surface area (Å²) in [6.45, 7) is 0. The summed E-state index contributed by atoms with van der Waals surface area (Å²) in [5.74, 6) is -1.16. The highest BCUT2D eigenvalue weighted by Gasteiger charge is 2.59. The summed E-state index contributed by atoms with van der Waals surface area (Å²) in [5, 5.41) is 0. The third-order valence-electron chi connectivity index (χ3n) is 5.02. The molecule has 0 radical (unpaired) electrons. The van der Waals surface area contributed by atoms with Crippen LogP contribution in [0.4, 0.5) is 5.69 Å². The Labute approximate surface area is 127 Å². The molecule has 2 fully saturated rings. The van der Waals surface area contributed by atoms with E-state index in [9.17, 15) is 14.4 Å². The maximum atomic E-state index is 12.8. The fraction of sp³-hybridized carbons (Fsp3) is 0.353. The Hall–Kier alpha value is -2.43. The Balaban J connectivity index is 1.78. The largest absolute Gasteiger partial charge is 0.465 e. The highest BCUT2D eigenvalue weighted by Crippen LogP contribution is 2.53. The number of fused-ring (bicyclic) bond motifs is 5. The van der Waals surface area contributed by atoms with E-state index in [0.29, 0.717) is 5.69 Å². The van der Waals surface area contributed by atoms with Gasteiger partial charge in [0.05, 0.1) is 30.2 Å². The van der Waals surface area contributed by atoms with E-state index in [1.165, 1.54) is 12.0 Å². The summed E-state index contributed by atoms with van der Waals surface area (Å²) in [7, 11) is 1.28. The summed E-state index contributed by atoms with van der Waals surface area (Å²) in [5.41, 5.74) is 0.574. The number of imide groups is 1. The molecule has 2 bridgehead atoms. The van der Waals surface area contributed by atoms with Crippen LogP contribution in [0.1, 0.15) is 16.8 Å². The molecular weight excluding hydrogens is 282 g/mol. The SMILES string of the molecule is COC(=O)c1ccccc1N1C(=O)[C@@H]2[C@H](C1=O)[C@@H]1C=C[C@@H]2C1. The van der Waals surface area contributed by atoms with Crippen molar-refractivity contribution in [2.45, 2.75) is 6.42 Å². The van der Waals surface area contributed by atoms with Crippen molar-refractivity contribution in [1.82, 2.24) is 0 Å². The Bertz CT molecular complexity index is 693. The van der Waals surface area contributed by atoms with E-state index in [1.54, 1.807) is 24.3 Å². The Kier molecular flexibility index (Phi) is 2.73. The summed E-state index contributed by atoms with van der Waals surface area (Å²) < 4.78 is 4.76. The lowest BCUT2D eigenvalue weighted by atomic mass is 9.85. The van der Waals surface area contributed by atoms with Crippen molar-refractivity contribution in [2.75, 3.05) is 12.0 Å². The molecule has 1 aliphatic heterocycles. The molecule has 2 amide bonds. The van der Waals surface area contributed by atoms with Crippen LogP contribution in [0.2, 0.25) is 0 Å². The van der Waals surface area contributed by atoms with Crippen LogP contribution in [0.5, 0.6) is 0 Å². The highest BCUT2D eigenvalue weighted by atomic mass is 16.5. The van der Waals surface area contributed by atoms with Gasteiger partial charge in [-0.05, 0) is 30.4 Å². The zero-order valence-corrected chi connectivity index (χ0v) is 12.1. The van der Waals surface area contributed by atoms with Crippen molar-refractivity contribution in [3.63, 3.8) is 0 Å². The number of methoxy groups -OCH3 is 1. The third-order valence-corrected chi connectivity index (χ3v) is 5.02. The molecule has 3 aliphatic rings. The maximum absolute atomic E-state index is 12.8. The first-order chi connectivity index (χ1) is 10.6. The Morgan fingerprint density at radius 3 is 2.27 bits per heavy atom. The molecule has 0 aromatic heterocycles. The van der Waals surface area contributed by atoms with Gasteiger partial charge in [-0.1, -0.05) is 24.3 Å². The molecule has 1 saturated heterocycles. The molecule has 1 aromatic rings.